The first-order valence-corrected chi connectivity index (χ1v) is 8.13. The van der Waals surface area contributed by atoms with E-state index < -0.39 is 10.1 Å². The van der Waals surface area contributed by atoms with Crippen LogP contribution in [-0.2, 0) is 14.3 Å². The summed E-state index contributed by atoms with van der Waals surface area (Å²) < 4.78 is 26.5. The Kier molecular flexibility index (Phi) is 6.16. The Labute approximate surface area is 120 Å². The molecule has 1 N–H and O–H groups in total. The van der Waals surface area contributed by atoms with E-state index in [0.29, 0.717) is 11.5 Å². The minimum Gasteiger partial charge on any atom is -0.351 e. The smallest absolute Gasteiger partial charge is 0.268 e. The van der Waals surface area contributed by atoms with Crippen molar-refractivity contribution in [2.24, 2.45) is 0 Å². The summed E-state index contributed by atoms with van der Waals surface area (Å²) in [4.78, 5) is 11.8. The monoisotopic (exact) mass is 299 g/mol. The summed E-state index contributed by atoms with van der Waals surface area (Å²) in [7, 11) is -2.43. The molecule has 0 aromatic heterocycles. The van der Waals surface area contributed by atoms with E-state index in [1.807, 2.05) is 12.1 Å². The van der Waals surface area contributed by atoms with Crippen molar-refractivity contribution >= 4 is 16.0 Å². The van der Waals surface area contributed by atoms with Crippen molar-refractivity contribution in [2.75, 3.05) is 19.4 Å². The first kappa shape index (κ1) is 16.7. The van der Waals surface area contributed by atoms with Gasteiger partial charge in [-0.2, -0.15) is 8.42 Å². The molecule has 0 aliphatic heterocycles. The molecule has 5 nitrogen and oxygen atoms in total. The number of hydrogen-bond donors (Lipinski definition) is 1. The number of nitrogens with one attached hydrogen (secondary N) is 1. The molecule has 0 bridgehead atoms. The largest absolute Gasteiger partial charge is 0.351 e. The summed E-state index contributed by atoms with van der Waals surface area (Å²) in [6.45, 7) is 4.27. The molecule has 1 aromatic carbocycles. The van der Waals surface area contributed by atoms with Gasteiger partial charge in [0.1, 0.15) is 0 Å². The van der Waals surface area contributed by atoms with Crippen LogP contribution in [0, 0.1) is 0 Å². The van der Waals surface area contributed by atoms with Crippen molar-refractivity contribution in [3.63, 3.8) is 0 Å². The Morgan fingerprint density at radius 1 is 1.30 bits per heavy atom. The van der Waals surface area contributed by atoms with Crippen LogP contribution in [-0.4, -0.2) is 33.7 Å². The topological polar surface area (TPSA) is 72.5 Å². The highest BCUT2D eigenvalue weighted by Gasteiger charge is 2.11. The summed E-state index contributed by atoms with van der Waals surface area (Å²) in [5.74, 6) is -0.0637. The van der Waals surface area contributed by atoms with Crippen LogP contribution < -0.4 is 5.32 Å². The van der Waals surface area contributed by atoms with Crippen LogP contribution >= 0.6 is 0 Å². The Hall–Kier alpha value is -1.40. The van der Waals surface area contributed by atoms with Crippen LogP contribution in [0.3, 0.4) is 0 Å². The van der Waals surface area contributed by atoms with E-state index in [9.17, 15) is 13.2 Å². The summed E-state index contributed by atoms with van der Waals surface area (Å²) >= 11 is 0. The molecule has 1 unspecified atom stereocenters. The van der Waals surface area contributed by atoms with Gasteiger partial charge < -0.3 is 5.32 Å². The van der Waals surface area contributed by atoms with Crippen LogP contribution in [0.15, 0.2) is 24.3 Å². The third-order valence-corrected chi connectivity index (χ3v) is 4.46. The zero-order valence-corrected chi connectivity index (χ0v) is 12.9. The molecule has 6 heteroatoms. The molecule has 1 atom stereocenters. The lowest BCUT2D eigenvalue weighted by atomic mass is 9.97. The van der Waals surface area contributed by atoms with Crippen LogP contribution in [0.5, 0.6) is 0 Å². The van der Waals surface area contributed by atoms with E-state index in [-0.39, 0.29) is 18.2 Å². The third kappa shape index (κ3) is 4.94. The number of amides is 1. The molecule has 0 fully saturated rings. The van der Waals surface area contributed by atoms with Crippen molar-refractivity contribution < 1.29 is 17.4 Å². The maximum absolute atomic E-state index is 11.8. The average Bonchev–Trinajstić information content (AvgIpc) is 2.46. The number of carbonyl (C=O) groups is 1. The van der Waals surface area contributed by atoms with Gasteiger partial charge in [-0.05, 0) is 30.0 Å². The van der Waals surface area contributed by atoms with Crippen molar-refractivity contribution in [3.8, 4) is 0 Å². The first-order valence-electron chi connectivity index (χ1n) is 6.56. The fourth-order valence-electron chi connectivity index (χ4n) is 1.67. The maximum Gasteiger partial charge on any atom is 0.268 e. The second-order valence-corrected chi connectivity index (χ2v) is 6.47. The zero-order valence-electron chi connectivity index (χ0n) is 12.0. The second-order valence-electron chi connectivity index (χ2n) is 4.62. The van der Waals surface area contributed by atoms with Gasteiger partial charge in [-0.25, -0.2) is 0 Å². The molecule has 1 rings (SSSR count). The molecule has 1 amide bonds. The minimum absolute atomic E-state index is 0.0299. The molecule has 0 spiro atoms. The van der Waals surface area contributed by atoms with Gasteiger partial charge in [0.15, 0.2) is 0 Å². The Balaban J connectivity index is 2.56. The fraction of sp³-hybridized carbons (Fsp3) is 0.500. The van der Waals surface area contributed by atoms with E-state index in [1.54, 1.807) is 12.1 Å². The molecule has 0 saturated heterocycles. The lowest BCUT2D eigenvalue weighted by Crippen LogP contribution is -2.29. The highest BCUT2D eigenvalue weighted by atomic mass is 32.2. The second kappa shape index (κ2) is 7.40. The summed E-state index contributed by atoms with van der Waals surface area (Å²) in [5, 5.41) is 2.55. The average molecular weight is 299 g/mol. The Morgan fingerprint density at radius 2 is 1.90 bits per heavy atom. The third-order valence-electron chi connectivity index (χ3n) is 3.25. The van der Waals surface area contributed by atoms with Gasteiger partial charge in [0, 0.05) is 12.1 Å². The molecule has 0 aliphatic rings. The van der Waals surface area contributed by atoms with Gasteiger partial charge in [-0.15, -0.1) is 0 Å². The Morgan fingerprint density at radius 3 is 2.40 bits per heavy atom. The standard InChI is InChI=1S/C14H21NO4S/c1-4-11(2)12-5-7-13(8-6-12)14(16)15-9-10-20(17,18)19-3/h5-8,11H,4,9-10H2,1-3H3,(H,15,16). The molecule has 20 heavy (non-hydrogen) atoms. The number of rotatable bonds is 7. The van der Waals surface area contributed by atoms with Crippen molar-refractivity contribution in [2.45, 2.75) is 26.2 Å². The summed E-state index contributed by atoms with van der Waals surface area (Å²) in [6, 6.07) is 7.35. The van der Waals surface area contributed by atoms with Crippen molar-refractivity contribution in [1.82, 2.24) is 5.32 Å². The van der Waals surface area contributed by atoms with Crippen LogP contribution in [0.1, 0.15) is 42.1 Å². The molecule has 112 valence electrons. The van der Waals surface area contributed by atoms with Crippen LogP contribution in [0.2, 0.25) is 0 Å². The van der Waals surface area contributed by atoms with Crippen LogP contribution in [0.4, 0.5) is 0 Å². The van der Waals surface area contributed by atoms with Gasteiger partial charge in [-0.1, -0.05) is 26.0 Å². The normalized spacial score (nSPS) is 12.9. The van der Waals surface area contributed by atoms with Crippen molar-refractivity contribution in [1.29, 1.82) is 0 Å². The van der Waals surface area contributed by atoms with E-state index in [0.717, 1.165) is 13.5 Å². The van der Waals surface area contributed by atoms with Gasteiger partial charge in [-0.3, -0.25) is 8.98 Å². The van der Waals surface area contributed by atoms with Crippen molar-refractivity contribution in [3.05, 3.63) is 35.4 Å². The predicted octanol–water partition coefficient (Wildman–Crippen LogP) is 1.91. The van der Waals surface area contributed by atoms with E-state index in [2.05, 4.69) is 23.3 Å². The first-order chi connectivity index (χ1) is 9.39. The molecular formula is C14H21NO4S. The molecule has 0 radical (unpaired) electrons. The summed E-state index contributed by atoms with van der Waals surface area (Å²) in [5.41, 5.74) is 1.71. The number of benzene rings is 1. The number of hydrogen-bond acceptors (Lipinski definition) is 4. The quantitative estimate of drug-likeness (QED) is 0.781. The highest BCUT2D eigenvalue weighted by molar-refractivity contribution is 7.86. The van der Waals surface area contributed by atoms with Gasteiger partial charge in [0.25, 0.3) is 16.0 Å². The Bertz CT molecular complexity index is 537. The predicted molar refractivity (Wildman–Crippen MR) is 78.3 cm³/mol. The van der Waals surface area contributed by atoms with Crippen LogP contribution in [0.25, 0.3) is 0 Å². The highest BCUT2D eigenvalue weighted by Crippen LogP contribution is 2.18. The summed E-state index contributed by atoms with van der Waals surface area (Å²) in [6.07, 6.45) is 1.04. The van der Waals surface area contributed by atoms with E-state index >= 15 is 0 Å². The van der Waals surface area contributed by atoms with E-state index in [1.165, 1.54) is 5.56 Å². The lowest BCUT2D eigenvalue weighted by Gasteiger charge is -2.10. The zero-order chi connectivity index (χ0) is 15.2. The molecular weight excluding hydrogens is 278 g/mol. The molecule has 0 saturated carbocycles. The fourth-order valence-corrected chi connectivity index (χ4v) is 2.19. The van der Waals surface area contributed by atoms with E-state index in [4.69, 9.17) is 0 Å². The van der Waals surface area contributed by atoms with Gasteiger partial charge in [0.2, 0.25) is 0 Å². The molecule has 0 aliphatic carbocycles. The SMILES string of the molecule is CCC(C)c1ccc(C(=O)NCCS(=O)(=O)OC)cc1. The molecule has 1 aromatic rings. The lowest BCUT2D eigenvalue weighted by molar-refractivity contribution is 0.0956. The maximum atomic E-state index is 11.8. The van der Waals surface area contributed by atoms with Gasteiger partial charge in [0.05, 0.1) is 12.9 Å². The minimum atomic E-state index is -3.53. The number of carbonyl (C=O) groups excluding carboxylic acids is 1. The molecule has 0 heterocycles. The van der Waals surface area contributed by atoms with Gasteiger partial charge >= 0.3 is 0 Å².